The molecule has 3 aliphatic rings. The Bertz CT molecular complexity index is 1130. The third kappa shape index (κ3) is 4.44. The van der Waals surface area contributed by atoms with Gasteiger partial charge in [0.1, 0.15) is 22.1 Å². The Morgan fingerprint density at radius 2 is 1.67 bits per heavy atom. The molecule has 1 spiro atoms. The molecule has 4 heterocycles. The fourth-order valence-electron chi connectivity index (χ4n) is 4.63. The third-order valence-electron chi connectivity index (χ3n) is 6.30. The molecule has 1 atom stereocenters. The number of hydrogen-bond acceptors (Lipinski definition) is 8. The van der Waals surface area contributed by atoms with Crippen molar-refractivity contribution in [1.29, 1.82) is 0 Å². The Morgan fingerprint density at radius 3 is 2.21 bits per heavy atom. The third-order valence-corrected chi connectivity index (χ3v) is 7.63. The number of rotatable bonds is 4. The van der Waals surface area contributed by atoms with Crippen LogP contribution in [0.2, 0.25) is 5.02 Å². The van der Waals surface area contributed by atoms with Crippen LogP contribution in [0.15, 0.2) is 29.4 Å². The van der Waals surface area contributed by atoms with Gasteiger partial charge >= 0.3 is 0 Å². The average Bonchev–Trinajstić information content (AvgIpc) is 3.46. The molecular formula is C21H22ClF2N3O5S. The molecule has 3 fully saturated rings. The first-order valence-corrected chi connectivity index (χ1v) is 12.8. The van der Waals surface area contributed by atoms with Crippen LogP contribution in [0.3, 0.4) is 0 Å². The van der Waals surface area contributed by atoms with Gasteiger partial charge in [-0.25, -0.2) is 27.2 Å². The van der Waals surface area contributed by atoms with Crippen molar-refractivity contribution in [2.45, 2.75) is 35.7 Å². The van der Waals surface area contributed by atoms with Gasteiger partial charge in [-0.15, -0.1) is 0 Å². The minimum Gasteiger partial charge on any atom is -0.361 e. The lowest BCUT2D eigenvalue weighted by Gasteiger charge is -2.33. The van der Waals surface area contributed by atoms with E-state index in [0.29, 0.717) is 16.9 Å². The molecule has 0 N–H and O–H groups in total. The lowest BCUT2D eigenvalue weighted by atomic mass is 9.87. The quantitative estimate of drug-likeness (QED) is 0.590. The number of epoxide rings is 1. The maximum Gasteiger partial charge on any atom is 0.225 e. The van der Waals surface area contributed by atoms with E-state index in [9.17, 15) is 17.2 Å². The van der Waals surface area contributed by atoms with Crippen molar-refractivity contribution in [3.63, 3.8) is 0 Å². The fourth-order valence-corrected chi connectivity index (χ4v) is 5.56. The molecule has 0 aliphatic carbocycles. The molecule has 0 amide bonds. The fraction of sp³-hybridized carbons (Fsp3) is 0.524. The molecule has 178 valence electrons. The molecule has 0 saturated carbocycles. The van der Waals surface area contributed by atoms with Gasteiger partial charge in [0.25, 0.3) is 0 Å². The topological polar surface area (TPSA) is 94.2 Å². The standard InChI is InChI=1S/C21H22ClF2N3O5S/c1-33(28,29)17-15(23)6-13(7-16(17)24)19-30-10-21(11-31-19)18(32-21)12-2-4-27(5-3-12)20-25-8-14(22)9-26-20/h6-9,12,18-19H,2-5,10-11H2,1H3. The van der Waals surface area contributed by atoms with Gasteiger partial charge in [-0.2, -0.15) is 0 Å². The van der Waals surface area contributed by atoms with Crippen molar-refractivity contribution in [3.05, 3.63) is 46.7 Å². The molecule has 3 aliphatic heterocycles. The zero-order valence-electron chi connectivity index (χ0n) is 17.7. The first kappa shape index (κ1) is 22.9. The minimum absolute atomic E-state index is 0.0205. The summed E-state index contributed by atoms with van der Waals surface area (Å²) in [6, 6.07) is 1.86. The largest absolute Gasteiger partial charge is 0.361 e. The summed E-state index contributed by atoms with van der Waals surface area (Å²) in [4.78, 5) is 9.68. The molecule has 0 radical (unpaired) electrons. The predicted octanol–water partition coefficient (Wildman–Crippen LogP) is 2.91. The summed E-state index contributed by atoms with van der Waals surface area (Å²) in [6.07, 6.45) is 4.68. The summed E-state index contributed by atoms with van der Waals surface area (Å²) >= 11 is 5.85. The van der Waals surface area contributed by atoms with Crippen LogP contribution < -0.4 is 4.90 Å². The van der Waals surface area contributed by atoms with Crippen molar-refractivity contribution < 1.29 is 31.4 Å². The molecule has 0 bridgehead atoms. The number of anilines is 1. The Balaban J connectivity index is 1.18. The lowest BCUT2D eigenvalue weighted by Crippen LogP contribution is -2.41. The first-order chi connectivity index (χ1) is 15.7. The highest BCUT2D eigenvalue weighted by molar-refractivity contribution is 7.90. The van der Waals surface area contributed by atoms with Gasteiger partial charge in [-0.3, -0.25) is 0 Å². The average molecular weight is 502 g/mol. The van der Waals surface area contributed by atoms with E-state index in [1.54, 1.807) is 12.4 Å². The van der Waals surface area contributed by atoms with Crippen molar-refractivity contribution in [3.8, 4) is 0 Å². The van der Waals surface area contributed by atoms with E-state index in [1.165, 1.54) is 0 Å². The van der Waals surface area contributed by atoms with Crippen molar-refractivity contribution >= 4 is 27.4 Å². The summed E-state index contributed by atoms with van der Waals surface area (Å²) in [5, 5.41) is 0.495. The molecule has 1 unspecified atom stereocenters. The van der Waals surface area contributed by atoms with Crippen molar-refractivity contribution in [1.82, 2.24) is 9.97 Å². The van der Waals surface area contributed by atoms with Gasteiger partial charge in [0.2, 0.25) is 5.95 Å². The molecule has 33 heavy (non-hydrogen) atoms. The van der Waals surface area contributed by atoms with E-state index < -0.39 is 38.3 Å². The first-order valence-electron chi connectivity index (χ1n) is 10.5. The normalized spacial score (nSPS) is 28.3. The second kappa shape index (κ2) is 8.38. The van der Waals surface area contributed by atoms with Crippen LogP contribution in [0.1, 0.15) is 24.7 Å². The van der Waals surface area contributed by atoms with E-state index in [-0.39, 0.29) is 24.9 Å². The predicted molar refractivity (Wildman–Crippen MR) is 114 cm³/mol. The van der Waals surface area contributed by atoms with E-state index in [4.69, 9.17) is 25.8 Å². The maximum atomic E-state index is 14.2. The Labute approximate surface area is 194 Å². The monoisotopic (exact) mass is 501 g/mol. The number of aromatic nitrogens is 2. The van der Waals surface area contributed by atoms with Crippen LogP contribution >= 0.6 is 11.6 Å². The van der Waals surface area contributed by atoms with Crippen LogP contribution in [0.25, 0.3) is 0 Å². The Kier molecular flexibility index (Phi) is 5.81. The summed E-state index contributed by atoms with van der Waals surface area (Å²) in [6.45, 7) is 2.02. The molecule has 12 heteroatoms. The number of hydrogen-bond donors (Lipinski definition) is 0. The number of nitrogens with zero attached hydrogens (tertiary/aromatic N) is 3. The molecule has 1 aromatic carbocycles. The molecule has 3 saturated heterocycles. The summed E-state index contributed by atoms with van der Waals surface area (Å²) in [5.74, 6) is -1.37. The van der Waals surface area contributed by atoms with Crippen LogP contribution in [0.5, 0.6) is 0 Å². The summed E-state index contributed by atoms with van der Waals surface area (Å²) in [7, 11) is -4.03. The second-order valence-corrected chi connectivity index (χ2v) is 11.1. The number of halogens is 3. The van der Waals surface area contributed by atoms with E-state index in [0.717, 1.165) is 44.3 Å². The number of ether oxygens (including phenoxy) is 3. The van der Waals surface area contributed by atoms with Gasteiger partial charge in [-0.05, 0) is 30.9 Å². The summed E-state index contributed by atoms with van der Waals surface area (Å²) < 4.78 is 69.1. The minimum atomic E-state index is -4.03. The second-order valence-electron chi connectivity index (χ2n) is 8.67. The van der Waals surface area contributed by atoms with Crippen LogP contribution in [0, 0.1) is 17.6 Å². The highest BCUT2D eigenvalue weighted by Gasteiger charge is 2.62. The van der Waals surface area contributed by atoms with Crippen molar-refractivity contribution in [2.75, 3.05) is 37.5 Å². The Morgan fingerprint density at radius 1 is 1.09 bits per heavy atom. The Hall–Kier alpha value is -1.92. The number of sulfone groups is 1. The number of piperidine rings is 1. The van der Waals surface area contributed by atoms with Gasteiger partial charge in [0, 0.05) is 24.9 Å². The highest BCUT2D eigenvalue weighted by Crippen LogP contribution is 2.49. The lowest BCUT2D eigenvalue weighted by molar-refractivity contribution is -0.210. The van der Waals surface area contributed by atoms with E-state index >= 15 is 0 Å². The summed E-state index contributed by atoms with van der Waals surface area (Å²) in [5.41, 5.74) is -0.482. The van der Waals surface area contributed by atoms with Crippen molar-refractivity contribution in [2.24, 2.45) is 5.92 Å². The van der Waals surface area contributed by atoms with Gasteiger partial charge in [0.05, 0.1) is 36.7 Å². The van der Waals surface area contributed by atoms with E-state index in [1.807, 2.05) is 0 Å². The highest BCUT2D eigenvalue weighted by atomic mass is 35.5. The molecule has 8 nitrogen and oxygen atoms in total. The smallest absolute Gasteiger partial charge is 0.225 e. The van der Waals surface area contributed by atoms with Crippen LogP contribution in [0.4, 0.5) is 14.7 Å². The van der Waals surface area contributed by atoms with Crippen LogP contribution in [-0.2, 0) is 24.0 Å². The molecule has 2 aromatic rings. The maximum absolute atomic E-state index is 14.2. The van der Waals surface area contributed by atoms with Gasteiger partial charge < -0.3 is 19.1 Å². The zero-order valence-corrected chi connectivity index (χ0v) is 19.3. The zero-order chi connectivity index (χ0) is 23.4. The van der Waals surface area contributed by atoms with Gasteiger partial charge in [-0.1, -0.05) is 11.6 Å². The van der Waals surface area contributed by atoms with E-state index in [2.05, 4.69) is 14.9 Å². The molecule has 1 aromatic heterocycles. The number of benzene rings is 1. The molecule has 5 rings (SSSR count). The molecular weight excluding hydrogens is 480 g/mol. The van der Waals surface area contributed by atoms with Crippen LogP contribution in [-0.4, -0.2) is 62.6 Å². The van der Waals surface area contributed by atoms with Gasteiger partial charge in [0.15, 0.2) is 16.1 Å². The SMILES string of the molecule is CS(=O)(=O)c1c(F)cc(C2OCC3(CO2)OC3C2CCN(c3ncc(Cl)cn3)CC2)cc1F.